The summed E-state index contributed by atoms with van der Waals surface area (Å²) < 4.78 is 5.86. The van der Waals surface area contributed by atoms with E-state index in [4.69, 9.17) is 33.7 Å². The van der Waals surface area contributed by atoms with Crippen molar-refractivity contribution in [1.29, 1.82) is 0 Å². The first-order chi connectivity index (χ1) is 11.2. The van der Waals surface area contributed by atoms with Crippen LogP contribution in [-0.4, -0.2) is 24.2 Å². The van der Waals surface area contributed by atoms with Crippen LogP contribution in [0.5, 0.6) is 0 Å². The van der Waals surface area contributed by atoms with E-state index in [1.807, 2.05) is 26.8 Å². The monoisotopic (exact) mass is 370 g/mol. The van der Waals surface area contributed by atoms with Crippen molar-refractivity contribution in [2.45, 2.75) is 51.3 Å². The molecular formula is C18H24Cl2N2O2. The molecule has 0 aromatic heterocycles. The third kappa shape index (κ3) is 2.55. The van der Waals surface area contributed by atoms with Crippen molar-refractivity contribution in [3.63, 3.8) is 0 Å². The molecule has 6 heteroatoms. The first-order valence-corrected chi connectivity index (χ1v) is 9.11. The van der Waals surface area contributed by atoms with Crippen molar-refractivity contribution < 1.29 is 9.53 Å². The number of carbonyl (C=O) groups is 1. The maximum atomic E-state index is 13.0. The van der Waals surface area contributed by atoms with Crippen LogP contribution in [0.15, 0.2) is 18.2 Å². The third-order valence-electron chi connectivity index (χ3n) is 5.84. The number of nitrogens with two attached hydrogens (primary N) is 1. The van der Waals surface area contributed by atoms with Gasteiger partial charge in [0.15, 0.2) is 0 Å². The number of ether oxygens (including phenoxy) is 1. The van der Waals surface area contributed by atoms with Crippen LogP contribution in [0, 0.1) is 11.3 Å². The average molecular weight is 371 g/mol. The minimum atomic E-state index is -0.925. The highest BCUT2D eigenvalue weighted by Gasteiger charge is 2.70. The lowest BCUT2D eigenvalue weighted by Crippen LogP contribution is -2.82. The summed E-state index contributed by atoms with van der Waals surface area (Å²) in [6, 6.07) is 5.03. The summed E-state index contributed by atoms with van der Waals surface area (Å²) in [6.45, 7) is 6.67. The molecule has 3 N–H and O–H groups in total. The molecule has 2 fully saturated rings. The second kappa shape index (κ2) is 6.17. The van der Waals surface area contributed by atoms with E-state index in [-0.39, 0.29) is 24.0 Å². The maximum Gasteiger partial charge on any atom is 0.241 e. The molecule has 1 heterocycles. The summed E-state index contributed by atoms with van der Waals surface area (Å²) in [6.07, 6.45) is 1.92. The molecule has 4 nitrogen and oxygen atoms in total. The minimum absolute atomic E-state index is 0.0522. The molecular weight excluding hydrogens is 347 g/mol. The SMILES string of the molecule is CC(NC(=O)C1(N)C2CCCOC2C1(C)C)c1ccc(Cl)cc1Cl. The molecule has 1 aromatic rings. The minimum Gasteiger partial charge on any atom is -0.377 e. The molecule has 1 saturated heterocycles. The number of fused-ring (bicyclic) bond motifs is 1. The molecule has 1 saturated carbocycles. The van der Waals surface area contributed by atoms with Crippen molar-refractivity contribution in [2.75, 3.05) is 6.61 Å². The lowest BCUT2D eigenvalue weighted by atomic mass is 9.46. The van der Waals surface area contributed by atoms with Crippen molar-refractivity contribution in [3.05, 3.63) is 33.8 Å². The first-order valence-electron chi connectivity index (χ1n) is 8.36. The summed E-state index contributed by atoms with van der Waals surface area (Å²) in [5.41, 5.74) is 6.12. The summed E-state index contributed by atoms with van der Waals surface area (Å²) in [4.78, 5) is 13.0. The van der Waals surface area contributed by atoms with Gasteiger partial charge in [-0.15, -0.1) is 0 Å². The van der Waals surface area contributed by atoms with Crippen LogP contribution in [0.4, 0.5) is 0 Å². The van der Waals surface area contributed by atoms with E-state index in [0.29, 0.717) is 10.0 Å². The van der Waals surface area contributed by atoms with E-state index in [1.165, 1.54) is 0 Å². The van der Waals surface area contributed by atoms with Crippen LogP contribution >= 0.6 is 23.2 Å². The topological polar surface area (TPSA) is 64.4 Å². The molecule has 3 rings (SSSR count). The number of carbonyl (C=O) groups excluding carboxylic acids is 1. The standard InChI is InChI=1S/C18H24Cl2N2O2/c1-10(12-7-6-11(19)9-14(12)20)22-16(23)18(21)13-5-4-8-24-15(13)17(18,2)3/h6-7,9-10,13,15H,4-5,8,21H2,1-3H3,(H,22,23). The lowest BCUT2D eigenvalue weighted by Gasteiger charge is -2.65. The lowest BCUT2D eigenvalue weighted by molar-refractivity contribution is -0.225. The normalized spacial score (nSPS) is 32.4. The Bertz CT molecular complexity index is 664. The Morgan fingerprint density at radius 2 is 2.12 bits per heavy atom. The molecule has 2 aliphatic rings. The Morgan fingerprint density at radius 3 is 2.79 bits per heavy atom. The molecule has 0 spiro atoms. The van der Waals surface area contributed by atoms with Gasteiger partial charge in [-0.25, -0.2) is 0 Å². The Morgan fingerprint density at radius 1 is 1.42 bits per heavy atom. The zero-order valence-electron chi connectivity index (χ0n) is 14.2. The van der Waals surface area contributed by atoms with Gasteiger partial charge in [0.25, 0.3) is 0 Å². The van der Waals surface area contributed by atoms with Crippen molar-refractivity contribution >= 4 is 29.1 Å². The van der Waals surface area contributed by atoms with E-state index in [9.17, 15) is 4.79 Å². The predicted molar refractivity (Wildman–Crippen MR) is 96.2 cm³/mol. The average Bonchev–Trinajstić information content (AvgIpc) is 2.53. The van der Waals surface area contributed by atoms with Crippen molar-refractivity contribution in [3.8, 4) is 0 Å². The molecule has 132 valence electrons. The fourth-order valence-electron chi connectivity index (χ4n) is 4.28. The van der Waals surface area contributed by atoms with Crippen molar-refractivity contribution in [2.24, 2.45) is 17.1 Å². The van der Waals surface area contributed by atoms with Gasteiger partial charge >= 0.3 is 0 Å². The van der Waals surface area contributed by atoms with E-state index < -0.39 is 11.0 Å². The smallest absolute Gasteiger partial charge is 0.241 e. The quantitative estimate of drug-likeness (QED) is 0.852. The highest BCUT2D eigenvalue weighted by molar-refractivity contribution is 6.35. The number of nitrogens with one attached hydrogen (secondary N) is 1. The van der Waals surface area contributed by atoms with Gasteiger partial charge in [0.2, 0.25) is 5.91 Å². The van der Waals surface area contributed by atoms with Crippen LogP contribution < -0.4 is 11.1 Å². The summed E-state index contributed by atoms with van der Waals surface area (Å²) >= 11 is 12.2. The summed E-state index contributed by atoms with van der Waals surface area (Å²) in [5, 5.41) is 4.15. The predicted octanol–water partition coefficient (Wildman–Crippen LogP) is 3.70. The molecule has 1 aliphatic carbocycles. The first kappa shape index (κ1) is 18.0. The van der Waals surface area contributed by atoms with Gasteiger partial charge in [-0.05, 0) is 37.5 Å². The van der Waals surface area contributed by atoms with Gasteiger partial charge in [0.05, 0.1) is 12.1 Å². The second-order valence-electron chi connectivity index (χ2n) is 7.49. The number of hydrogen-bond acceptors (Lipinski definition) is 3. The van der Waals surface area contributed by atoms with Crippen LogP contribution in [0.25, 0.3) is 0 Å². The number of halogens is 2. The fourth-order valence-corrected chi connectivity index (χ4v) is 4.86. The van der Waals surface area contributed by atoms with Gasteiger partial charge in [-0.1, -0.05) is 43.1 Å². The molecule has 1 amide bonds. The van der Waals surface area contributed by atoms with Gasteiger partial charge < -0.3 is 15.8 Å². The van der Waals surface area contributed by atoms with Gasteiger partial charge in [0.1, 0.15) is 5.54 Å². The van der Waals surface area contributed by atoms with Crippen LogP contribution in [0.3, 0.4) is 0 Å². The van der Waals surface area contributed by atoms with Gasteiger partial charge in [0, 0.05) is 28.0 Å². The Balaban J connectivity index is 1.79. The molecule has 4 unspecified atom stereocenters. The molecule has 4 atom stereocenters. The number of rotatable bonds is 3. The van der Waals surface area contributed by atoms with Gasteiger partial charge in [-0.2, -0.15) is 0 Å². The maximum absolute atomic E-state index is 13.0. The van der Waals surface area contributed by atoms with Crippen LogP contribution in [-0.2, 0) is 9.53 Å². The molecule has 0 radical (unpaired) electrons. The van der Waals surface area contributed by atoms with Gasteiger partial charge in [-0.3, -0.25) is 4.79 Å². The highest BCUT2D eigenvalue weighted by Crippen LogP contribution is 2.57. The number of benzene rings is 1. The molecule has 0 bridgehead atoms. The van der Waals surface area contributed by atoms with E-state index >= 15 is 0 Å². The van der Waals surface area contributed by atoms with E-state index in [0.717, 1.165) is 25.0 Å². The molecule has 24 heavy (non-hydrogen) atoms. The zero-order valence-corrected chi connectivity index (χ0v) is 15.7. The van der Waals surface area contributed by atoms with Crippen LogP contribution in [0.2, 0.25) is 10.0 Å². The molecule has 1 aliphatic heterocycles. The van der Waals surface area contributed by atoms with Crippen molar-refractivity contribution in [1.82, 2.24) is 5.32 Å². The largest absolute Gasteiger partial charge is 0.377 e. The number of hydrogen-bond donors (Lipinski definition) is 2. The van der Waals surface area contributed by atoms with E-state index in [2.05, 4.69) is 5.32 Å². The third-order valence-corrected chi connectivity index (χ3v) is 6.40. The fraction of sp³-hybridized carbons (Fsp3) is 0.611. The summed E-state index contributed by atoms with van der Waals surface area (Å²) in [5.74, 6) is -0.0769. The Hall–Kier alpha value is -0.810. The summed E-state index contributed by atoms with van der Waals surface area (Å²) in [7, 11) is 0. The number of amides is 1. The second-order valence-corrected chi connectivity index (χ2v) is 8.34. The Labute approximate surface area is 153 Å². The zero-order chi connectivity index (χ0) is 17.7. The highest BCUT2D eigenvalue weighted by atomic mass is 35.5. The Kier molecular flexibility index (Phi) is 4.63. The van der Waals surface area contributed by atoms with E-state index in [1.54, 1.807) is 12.1 Å². The van der Waals surface area contributed by atoms with Crippen LogP contribution in [0.1, 0.15) is 45.2 Å². The molecule has 1 aromatic carbocycles.